The number of furan rings is 1. The average molecular weight is 506 g/mol. The van der Waals surface area contributed by atoms with Gasteiger partial charge in [0, 0.05) is 22.7 Å². The Morgan fingerprint density at radius 3 is 2.76 bits per heavy atom. The van der Waals surface area contributed by atoms with E-state index >= 15 is 0 Å². The van der Waals surface area contributed by atoms with E-state index in [1.807, 2.05) is 0 Å². The molecule has 174 valence electrons. The van der Waals surface area contributed by atoms with Gasteiger partial charge in [0.05, 0.1) is 16.5 Å². The van der Waals surface area contributed by atoms with Gasteiger partial charge in [-0.05, 0) is 30.3 Å². The van der Waals surface area contributed by atoms with E-state index in [1.165, 1.54) is 53.5 Å². The maximum absolute atomic E-state index is 13.9. The number of anilines is 1. The number of rotatable bonds is 8. The third kappa shape index (κ3) is 5.33. The minimum absolute atomic E-state index is 0.00989. The van der Waals surface area contributed by atoms with Gasteiger partial charge in [-0.3, -0.25) is 20.2 Å². The van der Waals surface area contributed by atoms with E-state index in [-0.39, 0.29) is 51.9 Å². The first-order chi connectivity index (χ1) is 16.3. The number of nitro benzene ring substituents is 1. The standard InChI is InChI=1S/C21H14Cl2FN5O5/c22-15-2-1-3-17(24)14(15)9-28-11-25-21(27-28)26-20(30)19-7-5-13(34-19)10-33-18-6-4-12(29(31)32)8-16(18)23/h1-8,11H,9-10H2,(H,26,27,30). The van der Waals surface area contributed by atoms with Crippen LogP contribution in [0.5, 0.6) is 5.75 Å². The summed E-state index contributed by atoms with van der Waals surface area (Å²) >= 11 is 12.0. The lowest BCUT2D eigenvalue weighted by atomic mass is 10.2. The van der Waals surface area contributed by atoms with Crippen molar-refractivity contribution in [2.75, 3.05) is 5.32 Å². The predicted octanol–water partition coefficient (Wildman–Crippen LogP) is 5.10. The van der Waals surface area contributed by atoms with Gasteiger partial charge in [-0.15, -0.1) is 5.10 Å². The lowest BCUT2D eigenvalue weighted by Gasteiger charge is -2.06. The summed E-state index contributed by atoms with van der Waals surface area (Å²) in [4.78, 5) is 26.6. The molecule has 0 spiro atoms. The largest absolute Gasteiger partial charge is 0.484 e. The molecule has 0 aliphatic rings. The second-order valence-electron chi connectivity index (χ2n) is 6.85. The number of hydrogen-bond acceptors (Lipinski definition) is 7. The van der Waals surface area contributed by atoms with Crippen molar-refractivity contribution in [2.45, 2.75) is 13.2 Å². The highest BCUT2D eigenvalue weighted by Crippen LogP contribution is 2.29. The molecule has 2 heterocycles. The molecule has 4 rings (SSSR count). The Labute approximate surface area is 201 Å². The third-order valence-electron chi connectivity index (χ3n) is 4.53. The van der Waals surface area contributed by atoms with Gasteiger partial charge in [-0.1, -0.05) is 29.3 Å². The maximum atomic E-state index is 13.9. The molecule has 0 unspecified atom stereocenters. The molecule has 2 aromatic carbocycles. The zero-order chi connectivity index (χ0) is 24.2. The molecule has 0 atom stereocenters. The predicted molar refractivity (Wildman–Crippen MR) is 120 cm³/mol. The number of aromatic nitrogens is 3. The zero-order valence-corrected chi connectivity index (χ0v) is 18.6. The van der Waals surface area contributed by atoms with Crippen LogP contribution in [0.15, 0.2) is 59.3 Å². The SMILES string of the molecule is O=C(Nc1ncn(Cc2c(F)cccc2Cl)n1)c1ccc(COc2ccc([N+](=O)[O-])cc2Cl)o1. The quantitative estimate of drug-likeness (QED) is 0.260. The highest BCUT2D eigenvalue weighted by atomic mass is 35.5. The molecule has 0 radical (unpaired) electrons. The number of nitrogens with one attached hydrogen (secondary N) is 1. The van der Waals surface area contributed by atoms with E-state index in [0.29, 0.717) is 5.76 Å². The highest BCUT2D eigenvalue weighted by Gasteiger charge is 2.16. The van der Waals surface area contributed by atoms with Crippen LogP contribution in [-0.2, 0) is 13.2 Å². The van der Waals surface area contributed by atoms with Crippen LogP contribution >= 0.6 is 23.2 Å². The molecule has 10 nitrogen and oxygen atoms in total. The zero-order valence-electron chi connectivity index (χ0n) is 17.1. The van der Waals surface area contributed by atoms with Crippen LogP contribution < -0.4 is 10.1 Å². The first-order valence-electron chi connectivity index (χ1n) is 9.59. The van der Waals surface area contributed by atoms with Crippen LogP contribution in [0, 0.1) is 15.9 Å². The average Bonchev–Trinajstić information content (AvgIpc) is 3.45. The van der Waals surface area contributed by atoms with E-state index in [9.17, 15) is 19.3 Å². The fourth-order valence-electron chi connectivity index (χ4n) is 2.88. The molecule has 4 aromatic rings. The smallest absolute Gasteiger partial charge is 0.293 e. The maximum Gasteiger partial charge on any atom is 0.293 e. The van der Waals surface area contributed by atoms with Crippen molar-refractivity contribution in [3.8, 4) is 5.75 Å². The lowest BCUT2D eigenvalue weighted by molar-refractivity contribution is -0.384. The monoisotopic (exact) mass is 505 g/mol. The number of benzene rings is 2. The summed E-state index contributed by atoms with van der Waals surface area (Å²) in [5, 5.41) is 17.7. The van der Waals surface area contributed by atoms with Crippen molar-refractivity contribution in [1.29, 1.82) is 0 Å². The van der Waals surface area contributed by atoms with Crippen molar-refractivity contribution in [2.24, 2.45) is 0 Å². The molecular formula is C21H14Cl2FN5O5. The molecule has 0 aliphatic carbocycles. The van der Waals surface area contributed by atoms with Crippen molar-refractivity contribution in [3.63, 3.8) is 0 Å². The number of nitro groups is 1. The molecule has 13 heteroatoms. The lowest BCUT2D eigenvalue weighted by Crippen LogP contribution is -2.13. The Bertz CT molecular complexity index is 1350. The Kier molecular flexibility index (Phi) is 6.75. The van der Waals surface area contributed by atoms with Gasteiger partial charge in [-0.25, -0.2) is 14.1 Å². The second kappa shape index (κ2) is 9.89. The van der Waals surface area contributed by atoms with E-state index < -0.39 is 16.6 Å². The summed E-state index contributed by atoms with van der Waals surface area (Å²) < 4.78 is 26.2. The second-order valence-corrected chi connectivity index (χ2v) is 7.66. The summed E-state index contributed by atoms with van der Waals surface area (Å²) in [5.74, 6) is -0.590. The van der Waals surface area contributed by atoms with Gasteiger partial charge < -0.3 is 9.15 Å². The van der Waals surface area contributed by atoms with E-state index in [4.69, 9.17) is 32.4 Å². The first-order valence-corrected chi connectivity index (χ1v) is 10.3. The summed E-state index contributed by atoms with van der Waals surface area (Å²) in [5.41, 5.74) is 0.0816. The fraction of sp³-hybridized carbons (Fsp3) is 0.0952. The van der Waals surface area contributed by atoms with E-state index in [1.54, 1.807) is 6.07 Å². The Balaban J connectivity index is 1.35. The van der Waals surface area contributed by atoms with E-state index in [0.717, 1.165) is 0 Å². The van der Waals surface area contributed by atoms with E-state index in [2.05, 4.69) is 15.4 Å². The van der Waals surface area contributed by atoms with Crippen LogP contribution in [-0.4, -0.2) is 25.6 Å². The number of ether oxygens (including phenoxy) is 1. The topological polar surface area (TPSA) is 125 Å². The number of carbonyl (C=O) groups excluding carboxylic acids is 1. The number of amides is 1. The van der Waals surface area contributed by atoms with Gasteiger partial charge >= 0.3 is 0 Å². The van der Waals surface area contributed by atoms with Crippen LogP contribution in [0.1, 0.15) is 21.9 Å². The fourth-order valence-corrected chi connectivity index (χ4v) is 3.34. The summed E-state index contributed by atoms with van der Waals surface area (Å²) in [6.07, 6.45) is 1.33. The Morgan fingerprint density at radius 2 is 2.03 bits per heavy atom. The van der Waals surface area contributed by atoms with Crippen LogP contribution in [0.4, 0.5) is 16.0 Å². The van der Waals surface area contributed by atoms with Crippen molar-refractivity contribution >= 4 is 40.7 Å². The van der Waals surface area contributed by atoms with Gasteiger partial charge in [0.2, 0.25) is 5.95 Å². The molecule has 1 amide bonds. The molecule has 1 N–H and O–H groups in total. The van der Waals surface area contributed by atoms with Crippen LogP contribution in [0.2, 0.25) is 10.0 Å². The number of halogens is 3. The van der Waals surface area contributed by atoms with Crippen LogP contribution in [0.3, 0.4) is 0 Å². The summed E-state index contributed by atoms with van der Waals surface area (Å²) in [6, 6.07) is 11.1. The Hall–Kier alpha value is -3.96. The molecule has 0 saturated heterocycles. The van der Waals surface area contributed by atoms with Gasteiger partial charge in [-0.2, -0.15) is 0 Å². The van der Waals surface area contributed by atoms with Crippen LogP contribution in [0.25, 0.3) is 0 Å². The molecule has 0 bridgehead atoms. The minimum Gasteiger partial charge on any atom is -0.484 e. The highest BCUT2D eigenvalue weighted by molar-refractivity contribution is 6.32. The molecule has 34 heavy (non-hydrogen) atoms. The number of carbonyl (C=O) groups is 1. The van der Waals surface area contributed by atoms with Gasteiger partial charge in [0.15, 0.2) is 5.76 Å². The van der Waals surface area contributed by atoms with Crippen molar-refractivity contribution < 1.29 is 23.3 Å². The van der Waals surface area contributed by atoms with Gasteiger partial charge in [0.25, 0.3) is 11.6 Å². The molecule has 2 aromatic heterocycles. The molecular weight excluding hydrogens is 492 g/mol. The number of nitrogens with zero attached hydrogens (tertiary/aromatic N) is 4. The number of hydrogen-bond donors (Lipinski definition) is 1. The minimum atomic E-state index is -0.610. The van der Waals surface area contributed by atoms with Crippen molar-refractivity contribution in [3.05, 3.63) is 97.9 Å². The molecule has 0 fully saturated rings. The Morgan fingerprint density at radius 1 is 1.21 bits per heavy atom. The third-order valence-corrected chi connectivity index (χ3v) is 5.17. The number of non-ortho nitro benzene ring substituents is 1. The molecule has 0 saturated carbocycles. The summed E-state index contributed by atoms with van der Waals surface area (Å²) in [7, 11) is 0. The normalized spacial score (nSPS) is 10.8. The van der Waals surface area contributed by atoms with Crippen molar-refractivity contribution in [1.82, 2.24) is 14.8 Å². The first kappa shape index (κ1) is 23.2. The molecule has 0 aliphatic heterocycles. The van der Waals surface area contributed by atoms with Gasteiger partial charge in [0.1, 0.15) is 30.3 Å². The summed E-state index contributed by atoms with van der Waals surface area (Å²) in [6.45, 7) is -0.0388.